The number of carbonyl (C=O) groups excluding carboxylic acids is 1. The molecule has 2 aromatic heterocycles. The SMILES string of the molecule is O=Cc1ccc(N2CCC3(CC2)CC(N2CCCC2)C3)cc1Oc1cnc2[nH]ccc2c1. The molecule has 4 heterocycles. The highest BCUT2D eigenvalue weighted by atomic mass is 16.5. The fourth-order valence-electron chi connectivity index (χ4n) is 5.96. The van der Waals surface area contributed by atoms with Gasteiger partial charge in [-0.05, 0) is 81.3 Å². The van der Waals surface area contributed by atoms with Crippen molar-refractivity contribution in [2.24, 2.45) is 5.41 Å². The fraction of sp³-hybridized carbons (Fsp3) is 0.462. The lowest BCUT2D eigenvalue weighted by atomic mass is 9.60. The van der Waals surface area contributed by atoms with Crippen LogP contribution in [0.15, 0.2) is 42.7 Å². The molecule has 3 aromatic rings. The normalized spacial score (nSPS) is 21.2. The lowest BCUT2D eigenvalue weighted by Crippen LogP contribution is -2.54. The highest BCUT2D eigenvalue weighted by molar-refractivity contribution is 5.81. The molecule has 1 saturated carbocycles. The summed E-state index contributed by atoms with van der Waals surface area (Å²) >= 11 is 0. The maximum absolute atomic E-state index is 11.6. The number of hydrogen-bond acceptors (Lipinski definition) is 5. The highest BCUT2D eigenvalue weighted by Gasteiger charge is 2.48. The van der Waals surface area contributed by atoms with Gasteiger partial charge in [-0.3, -0.25) is 4.79 Å². The molecule has 3 fully saturated rings. The molecule has 2 aliphatic heterocycles. The molecule has 0 amide bonds. The number of piperidine rings is 1. The van der Waals surface area contributed by atoms with Crippen LogP contribution >= 0.6 is 0 Å². The van der Waals surface area contributed by atoms with Crippen LogP contribution < -0.4 is 9.64 Å². The van der Waals surface area contributed by atoms with Crippen molar-refractivity contribution in [3.05, 3.63) is 48.3 Å². The summed E-state index contributed by atoms with van der Waals surface area (Å²) in [5.74, 6) is 1.23. The molecule has 6 nitrogen and oxygen atoms in total. The summed E-state index contributed by atoms with van der Waals surface area (Å²) < 4.78 is 6.11. The van der Waals surface area contributed by atoms with E-state index in [2.05, 4.69) is 25.8 Å². The molecule has 6 rings (SSSR count). The molecule has 0 bridgehead atoms. The van der Waals surface area contributed by atoms with Crippen LogP contribution in [0.2, 0.25) is 0 Å². The Morgan fingerprint density at radius 3 is 2.66 bits per heavy atom. The van der Waals surface area contributed by atoms with Crippen LogP contribution in [0.4, 0.5) is 5.69 Å². The molecule has 1 spiro atoms. The number of fused-ring (bicyclic) bond motifs is 1. The molecular weight excluding hydrogens is 400 g/mol. The predicted octanol–water partition coefficient (Wildman–Crippen LogP) is 5.01. The quantitative estimate of drug-likeness (QED) is 0.577. The van der Waals surface area contributed by atoms with Gasteiger partial charge < -0.3 is 19.5 Å². The minimum Gasteiger partial charge on any atom is -0.455 e. The molecule has 1 N–H and O–H groups in total. The zero-order valence-corrected chi connectivity index (χ0v) is 18.4. The topological polar surface area (TPSA) is 61.5 Å². The van der Waals surface area contributed by atoms with Gasteiger partial charge in [-0.1, -0.05) is 0 Å². The maximum Gasteiger partial charge on any atom is 0.153 e. The second-order valence-corrected chi connectivity index (χ2v) is 9.82. The highest BCUT2D eigenvalue weighted by Crippen LogP contribution is 2.52. The van der Waals surface area contributed by atoms with Gasteiger partial charge in [-0.2, -0.15) is 0 Å². The van der Waals surface area contributed by atoms with Gasteiger partial charge in [0.25, 0.3) is 0 Å². The van der Waals surface area contributed by atoms with Crippen molar-refractivity contribution < 1.29 is 9.53 Å². The van der Waals surface area contributed by atoms with E-state index < -0.39 is 0 Å². The standard InChI is InChI=1S/C26H30N4O2/c31-18-20-3-4-21(14-24(20)32-23-13-19-5-8-27-25(19)28-17-23)30-11-6-26(7-12-30)15-22(16-26)29-9-1-2-10-29/h3-5,8,13-14,17-18,22H,1-2,6-7,9-12,15-16H2,(H,27,28). The average molecular weight is 431 g/mol. The summed E-state index contributed by atoms with van der Waals surface area (Å²) in [6.45, 7) is 4.77. The van der Waals surface area contributed by atoms with Crippen molar-refractivity contribution in [1.82, 2.24) is 14.9 Å². The third-order valence-electron chi connectivity index (χ3n) is 7.91. The summed E-state index contributed by atoms with van der Waals surface area (Å²) in [6, 6.07) is 10.7. The number of ether oxygens (including phenoxy) is 1. The zero-order valence-electron chi connectivity index (χ0n) is 18.4. The number of aldehydes is 1. The van der Waals surface area contributed by atoms with Crippen LogP contribution in [0.5, 0.6) is 11.5 Å². The van der Waals surface area contributed by atoms with Crippen molar-refractivity contribution >= 4 is 23.0 Å². The number of anilines is 1. The lowest BCUT2D eigenvalue weighted by molar-refractivity contribution is -0.00645. The van der Waals surface area contributed by atoms with E-state index in [9.17, 15) is 4.79 Å². The Kier molecular flexibility index (Phi) is 4.90. The Morgan fingerprint density at radius 1 is 1.06 bits per heavy atom. The monoisotopic (exact) mass is 430 g/mol. The maximum atomic E-state index is 11.6. The molecule has 0 unspecified atom stereocenters. The molecule has 3 aliphatic rings. The van der Waals surface area contributed by atoms with Crippen molar-refractivity contribution in [2.45, 2.75) is 44.6 Å². The summed E-state index contributed by atoms with van der Waals surface area (Å²) in [5.41, 5.74) is 3.08. The van der Waals surface area contributed by atoms with Crippen molar-refractivity contribution in [3.8, 4) is 11.5 Å². The van der Waals surface area contributed by atoms with E-state index in [1.807, 2.05) is 30.5 Å². The molecule has 32 heavy (non-hydrogen) atoms. The van der Waals surface area contributed by atoms with E-state index in [1.165, 1.54) is 51.6 Å². The number of H-pyrrole nitrogens is 1. The first-order valence-electron chi connectivity index (χ1n) is 11.9. The predicted molar refractivity (Wildman–Crippen MR) is 126 cm³/mol. The number of nitrogens with one attached hydrogen (secondary N) is 1. The van der Waals surface area contributed by atoms with Crippen LogP contribution in [0.25, 0.3) is 11.0 Å². The van der Waals surface area contributed by atoms with Gasteiger partial charge in [-0.25, -0.2) is 4.98 Å². The number of nitrogens with zero attached hydrogens (tertiary/aromatic N) is 3. The molecule has 6 heteroatoms. The number of pyridine rings is 1. The Labute approximate surface area is 188 Å². The average Bonchev–Trinajstić information content (AvgIpc) is 3.49. The minimum atomic E-state index is 0.559. The third kappa shape index (κ3) is 3.56. The molecule has 166 valence electrons. The van der Waals surface area contributed by atoms with Gasteiger partial charge in [0, 0.05) is 42.5 Å². The summed E-state index contributed by atoms with van der Waals surface area (Å²) in [5, 5.41) is 0.986. The van der Waals surface area contributed by atoms with Gasteiger partial charge in [0.05, 0.1) is 11.8 Å². The lowest BCUT2D eigenvalue weighted by Gasteiger charge is -2.55. The van der Waals surface area contributed by atoms with Crippen molar-refractivity contribution in [2.75, 3.05) is 31.1 Å². The number of likely N-dealkylation sites (tertiary alicyclic amines) is 1. The number of rotatable bonds is 5. The minimum absolute atomic E-state index is 0.559. The van der Waals surface area contributed by atoms with Gasteiger partial charge in [0.1, 0.15) is 17.1 Å². The van der Waals surface area contributed by atoms with Crippen LogP contribution in [-0.2, 0) is 0 Å². The molecular formula is C26H30N4O2. The Hall–Kier alpha value is -2.86. The second-order valence-electron chi connectivity index (χ2n) is 9.82. The number of carbonyl (C=O) groups is 1. The summed E-state index contributed by atoms with van der Waals surface area (Å²) in [4.78, 5) is 24.3. The first-order valence-corrected chi connectivity index (χ1v) is 11.9. The van der Waals surface area contributed by atoms with E-state index in [1.54, 1.807) is 6.20 Å². The zero-order chi connectivity index (χ0) is 21.5. The first-order chi connectivity index (χ1) is 15.7. The molecule has 2 saturated heterocycles. The Morgan fingerprint density at radius 2 is 1.88 bits per heavy atom. The van der Waals surface area contributed by atoms with Gasteiger partial charge in [0.2, 0.25) is 0 Å². The van der Waals surface area contributed by atoms with Crippen LogP contribution in [0.1, 0.15) is 48.9 Å². The molecule has 0 radical (unpaired) electrons. The van der Waals surface area contributed by atoms with Gasteiger partial charge in [0.15, 0.2) is 6.29 Å². The van der Waals surface area contributed by atoms with Crippen LogP contribution in [0, 0.1) is 5.41 Å². The first kappa shape index (κ1) is 19.8. The Balaban J connectivity index is 1.14. The molecule has 1 aromatic carbocycles. The third-order valence-corrected chi connectivity index (χ3v) is 7.91. The van der Waals surface area contributed by atoms with Crippen LogP contribution in [-0.4, -0.2) is 53.4 Å². The number of hydrogen-bond donors (Lipinski definition) is 1. The summed E-state index contributed by atoms with van der Waals surface area (Å²) in [7, 11) is 0. The number of aromatic nitrogens is 2. The van der Waals surface area contributed by atoms with Crippen LogP contribution in [0.3, 0.4) is 0 Å². The largest absolute Gasteiger partial charge is 0.455 e. The van der Waals surface area contributed by atoms with E-state index >= 15 is 0 Å². The van der Waals surface area contributed by atoms with Gasteiger partial charge >= 0.3 is 0 Å². The van der Waals surface area contributed by atoms with Crippen molar-refractivity contribution in [1.29, 1.82) is 0 Å². The summed E-state index contributed by atoms with van der Waals surface area (Å²) in [6.07, 6.45) is 12.5. The number of benzene rings is 1. The van der Waals surface area contributed by atoms with E-state index in [-0.39, 0.29) is 0 Å². The second kappa shape index (κ2) is 7.93. The fourth-order valence-corrected chi connectivity index (χ4v) is 5.96. The van der Waals surface area contributed by atoms with Crippen molar-refractivity contribution in [3.63, 3.8) is 0 Å². The van der Waals surface area contributed by atoms with E-state index in [4.69, 9.17) is 4.74 Å². The Bertz CT molecular complexity index is 1120. The van der Waals surface area contributed by atoms with E-state index in [0.717, 1.165) is 42.1 Å². The molecule has 0 atom stereocenters. The van der Waals surface area contributed by atoms with E-state index in [0.29, 0.717) is 22.5 Å². The molecule has 1 aliphatic carbocycles. The van der Waals surface area contributed by atoms with Gasteiger partial charge in [-0.15, -0.1) is 0 Å². The smallest absolute Gasteiger partial charge is 0.153 e. The number of aromatic amines is 1.